The molecule has 0 amide bonds. The third-order valence-electron chi connectivity index (χ3n) is 3.73. The van der Waals surface area contributed by atoms with Gasteiger partial charge in [0.05, 0.1) is 28.1 Å². The highest BCUT2D eigenvalue weighted by molar-refractivity contribution is 6.31. The number of aliphatic hydroxyl groups excluding tert-OH is 1. The molecule has 0 saturated carbocycles. The zero-order valence-corrected chi connectivity index (χ0v) is 12.3. The van der Waals surface area contributed by atoms with Crippen molar-refractivity contribution in [2.45, 2.75) is 58.2 Å². The van der Waals surface area contributed by atoms with Gasteiger partial charge < -0.3 is 10.2 Å². The molecule has 1 atom stereocenters. The van der Waals surface area contributed by atoms with Crippen molar-refractivity contribution in [3.63, 3.8) is 0 Å². The number of aliphatic hydroxyl groups is 2. The fourth-order valence-electron chi connectivity index (χ4n) is 2.14. The number of hydrogen-bond donors (Lipinski definition) is 2. The Morgan fingerprint density at radius 1 is 1.33 bits per heavy atom. The number of hydrogen-bond acceptors (Lipinski definition) is 3. The lowest BCUT2D eigenvalue weighted by Gasteiger charge is -2.31. The van der Waals surface area contributed by atoms with Gasteiger partial charge in [0.1, 0.15) is 0 Å². The minimum absolute atomic E-state index is 0.320. The van der Waals surface area contributed by atoms with Crippen LogP contribution < -0.4 is 0 Å². The van der Waals surface area contributed by atoms with E-state index in [0.717, 1.165) is 17.8 Å². The molecule has 0 saturated heterocycles. The van der Waals surface area contributed by atoms with E-state index in [1.54, 1.807) is 4.68 Å². The molecule has 0 aliphatic rings. The Morgan fingerprint density at radius 3 is 2.28 bits per heavy atom. The van der Waals surface area contributed by atoms with E-state index >= 15 is 0 Å². The van der Waals surface area contributed by atoms with E-state index in [9.17, 15) is 10.2 Å². The van der Waals surface area contributed by atoms with Gasteiger partial charge in [-0.25, -0.2) is 0 Å². The van der Waals surface area contributed by atoms with Crippen LogP contribution >= 0.6 is 11.6 Å². The monoisotopic (exact) mass is 274 g/mol. The Bertz CT molecular complexity index is 400. The van der Waals surface area contributed by atoms with Crippen LogP contribution in [0.2, 0.25) is 5.02 Å². The number of aryl methyl sites for hydroxylation is 2. The van der Waals surface area contributed by atoms with E-state index in [0.29, 0.717) is 24.3 Å². The van der Waals surface area contributed by atoms with E-state index in [-0.39, 0.29) is 0 Å². The van der Waals surface area contributed by atoms with Crippen LogP contribution in [0.5, 0.6) is 0 Å². The summed E-state index contributed by atoms with van der Waals surface area (Å²) in [7, 11) is 1.81. The van der Waals surface area contributed by atoms with E-state index in [1.165, 1.54) is 0 Å². The lowest BCUT2D eigenvalue weighted by molar-refractivity contribution is -0.0796. The van der Waals surface area contributed by atoms with Gasteiger partial charge in [-0.1, -0.05) is 32.4 Å². The van der Waals surface area contributed by atoms with Crippen LogP contribution in [0.3, 0.4) is 0 Å². The summed E-state index contributed by atoms with van der Waals surface area (Å²) in [5.74, 6) is 0. The van der Waals surface area contributed by atoms with Crippen molar-refractivity contribution < 1.29 is 10.2 Å². The molecule has 0 aliphatic carbocycles. The van der Waals surface area contributed by atoms with Gasteiger partial charge in [-0.3, -0.25) is 4.68 Å². The highest BCUT2D eigenvalue weighted by Crippen LogP contribution is 2.27. The van der Waals surface area contributed by atoms with Gasteiger partial charge >= 0.3 is 0 Å². The third-order valence-corrected chi connectivity index (χ3v) is 4.17. The Kier molecular flexibility index (Phi) is 5.20. The molecular weight excluding hydrogens is 252 g/mol. The first-order valence-electron chi connectivity index (χ1n) is 6.50. The zero-order chi connectivity index (χ0) is 13.9. The van der Waals surface area contributed by atoms with Crippen molar-refractivity contribution in [2.75, 3.05) is 0 Å². The lowest BCUT2D eigenvalue weighted by Crippen LogP contribution is -2.42. The fraction of sp³-hybridized carbons (Fsp3) is 0.769. The molecule has 1 aromatic rings. The minimum Gasteiger partial charge on any atom is -0.390 e. The zero-order valence-electron chi connectivity index (χ0n) is 11.6. The lowest BCUT2D eigenvalue weighted by atomic mass is 9.88. The number of nitrogens with zero attached hydrogens (tertiary/aromatic N) is 2. The summed E-state index contributed by atoms with van der Waals surface area (Å²) in [4.78, 5) is 0. The van der Waals surface area contributed by atoms with Crippen LogP contribution in [0.4, 0.5) is 0 Å². The summed E-state index contributed by atoms with van der Waals surface area (Å²) in [6.07, 6.45) is 1.28. The smallest absolute Gasteiger partial charge is 0.0904 e. The first kappa shape index (κ1) is 15.5. The van der Waals surface area contributed by atoms with Gasteiger partial charge in [0.25, 0.3) is 0 Å². The summed E-state index contributed by atoms with van der Waals surface area (Å²) in [5.41, 5.74) is 0.555. The molecule has 0 bridgehead atoms. The maximum absolute atomic E-state index is 10.3. The van der Waals surface area contributed by atoms with Crippen molar-refractivity contribution in [3.05, 3.63) is 16.4 Å². The molecule has 0 fully saturated rings. The van der Waals surface area contributed by atoms with Crippen LogP contribution in [0.25, 0.3) is 0 Å². The molecule has 0 spiro atoms. The Morgan fingerprint density at radius 2 is 1.89 bits per heavy atom. The van der Waals surface area contributed by atoms with Gasteiger partial charge in [-0.05, 0) is 19.3 Å². The summed E-state index contributed by atoms with van der Waals surface area (Å²) in [6.45, 7) is 5.73. The van der Waals surface area contributed by atoms with Crippen molar-refractivity contribution in [2.24, 2.45) is 7.05 Å². The van der Waals surface area contributed by atoms with Crippen LogP contribution in [-0.4, -0.2) is 31.7 Å². The van der Waals surface area contributed by atoms with Crippen molar-refractivity contribution in [3.8, 4) is 0 Å². The normalized spacial score (nSPS) is 13.9. The summed E-state index contributed by atoms with van der Waals surface area (Å²) < 4.78 is 1.69. The van der Waals surface area contributed by atoms with Gasteiger partial charge in [0.15, 0.2) is 0 Å². The van der Waals surface area contributed by atoms with Crippen molar-refractivity contribution in [1.29, 1.82) is 0 Å². The molecule has 1 rings (SSSR count). The second-order valence-electron chi connectivity index (χ2n) is 4.72. The van der Waals surface area contributed by atoms with Gasteiger partial charge in [-0.15, -0.1) is 0 Å². The SMILES string of the molecule is CCc1nn(C)c(CC(O)C(O)(CC)CC)c1Cl. The molecule has 18 heavy (non-hydrogen) atoms. The predicted octanol–water partition coefficient (Wildman–Crippen LogP) is 2.09. The standard InChI is InChI=1S/C13H23ClN2O2/c1-5-9-12(14)10(16(4)15-9)8-11(17)13(18,6-2)7-3/h11,17-18H,5-8H2,1-4H3. The molecule has 0 radical (unpaired) electrons. The van der Waals surface area contributed by atoms with Gasteiger partial charge in [0.2, 0.25) is 0 Å². The number of aromatic nitrogens is 2. The highest BCUT2D eigenvalue weighted by Gasteiger charge is 2.33. The first-order valence-corrected chi connectivity index (χ1v) is 6.88. The molecule has 104 valence electrons. The van der Waals surface area contributed by atoms with Crippen molar-refractivity contribution >= 4 is 11.6 Å². The quantitative estimate of drug-likeness (QED) is 0.835. The Hall–Kier alpha value is -0.580. The third kappa shape index (κ3) is 2.87. The summed E-state index contributed by atoms with van der Waals surface area (Å²) in [5, 5.41) is 25.4. The van der Waals surface area contributed by atoms with Gasteiger partial charge in [0, 0.05) is 13.5 Å². The minimum atomic E-state index is -1.06. The summed E-state index contributed by atoms with van der Waals surface area (Å²) in [6, 6.07) is 0. The largest absolute Gasteiger partial charge is 0.390 e. The molecule has 2 N–H and O–H groups in total. The molecular formula is C13H23ClN2O2. The van der Waals surface area contributed by atoms with Crippen LogP contribution in [-0.2, 0) is 19.9 Å². The average molecular weight is 275 g/mol. The number of rotatable bonds is 6. The Balaban J connectivity index is 2.94. The van der Waals surface area contributed by atoms with Crippen LogP contribution in [0, 0.1) is 0 Å². The maximum Gasteiger partial charge on any atom is 0.0904 e. The topological polar surface area (TPSA) is 58.3 Å². The second kappa shape index (κ2) is 6.04. The molecule has 1 heterocycles. The average Bonchev–Trinajstić information content (AvgIpc) is 2.64. The predicted molar refractivity (Wildman–Crippen MR) is 72.8 cm³/mol. The summed E-state index contributed by atoms with van der Waals surface area (Å²) >= 11 is 6.23. The number of halogens is 1. The van der Waals surface area contributed by atoms with Crippen LogP contribution in [0.1, 0.15) is 45.0 Å². The van der Waals surface area contributed by atoms with E-state index in [2.05, 4.69) is 5.10 Å². The molecule has 1 aromatic heterocycles. The Labute approximate surface area is 114 Å². The van der Waals surface area contributed by atoms with E-state index in [1.807, 2.05) is 27.8 Å². The van der Waals surface area contributed by atoms with Crippen LogP contribution in [0.15, 0.2) is 0 Å². The van der Waals surface area contributed by atoms with Crippen molar-refractivity contribution in [1.82, 2.24) is 9.78 Å². The molecule has 5 heteroatoms. The molecule has 0 aliphatic heterocycles. The fourth-order valence-corrected chi connectivity index (χ4v) is 2.51. The highest BCUT2D eigenvalue weighted by atomic mass is 35.5. The molecule has 1 unspecified atom stereocenters. The van der Waals surface area contributed by atoms with E-state index < -0.39 is 11.7 Å². The van der Waals surface area contributed by atoms with E-state index in [4.69, 9.17) is 11.6 Å². The van der Waals surface area contributed by atoms with Gasteiger partial charge in [-0.2, -0.15) is 5.10 Å². The molecule has 0 aromatic carbocycles. The molecule has 4 nitrogen and oxygen atoms in total. The first-order chi connectivity index (χ1) is 8.39. The second-order valence-corrected chi connectivity index (χ2v) is 5.09. The maximum atomic E-state index is 10.3.